The summed E-state index contributed by atoms with van der Waals surface area (Å²) < 4.78 is 81.9. The summed E-state index contributed by atoms with van der Waals surface area (Å²) in [6, 6.07) is 63.9. The van der Waals surface area contributed by atoms with Crippen molar-refractivity contribution >= 4 is 72.0 Å². The van der Waals surface area contributed by atoms with Crippen molar-refractivity contribution < 1.29 is 40.6 Å². The number of amides is 1. The topological polar surface area (TPSA) is 399 Å². The fourth-order valence-corrected chi connectivity index (χ4v) is 13.0. The van der Waals surface area contributed by atoms with E-state index in [-0.39, 0.29) is 17.4 Å². The second-order valence-electron chi connectivity index (χ2n) is 26.1. The molecule has 0 saturated heterocycles. The monoisotopic (exact) mass is 1610 g/mol. The smallest absolute Gasteiger partial charge is 0.406 e. The second kappa shape index (κ2) is 33.1. The first-order valence-electron chi connectivity index (χ1n) is 35.9. The number of aryl methyl sites for hydroxylation is 2. The molecule has 10 heterocycles. The Labute approximate surface area is 666 Å². The molecule has 10 aromatic carbocycles. The predicted octanol–water partition coefficient (Wildman–Crippen LogP) is 17.8. The van der Waals surface area contributed by atoms with Crippen LogP contribution in [0.25, 0.3) is 168 Å². The standard InChI is InChI=1S/C17H14N6O.C17H15N5.C16H12ClN5.2C16H10F3N5O/c1-18-17(24)12-4-2-3-10(7-12)15-13-8-11(16-19-9-20-23-16)5-6-14(13)21-22-15;1-2-11-4-3-5-12(8-11)16-14-9-13(17-18-10-19-22-17)6-7-15(14)20-21-16;1-9-18-16(22-19-9)11-4-7-14-13(8-11)15(21-20-14)10-2-5-12(17)6-3-10;17-16(18,19)25-11-4-1-9(2-5-11)14-12-7-10(15-20-8-21-24-15)3-6-13(12)22-23-14;17-16(18,19)25-11-3-1-2-9(6-11)14-12-7-10(15-20-8-21-24-15)4-5-13(12)22-23-14/h2-9H,1H3,(H,18,24)(H,21,22)(H,19,20,23);3-10H,2H2,1H3,(H,20,21)(H,18,19,22);2-8H,1H3,(H,20,21)(H,18,19,22);2*1-8H,(H,22,23)(H,20,21,24). The normalized spacial score (nSPS) is 11.4. The average molecular weight is 1610 g/mol. The highest BCUT2D eigenvalue weighted by atomic mass is 35.5. The van der Waals surface area contributed by atoms with E-state index in [0.717, 1.165) is 134 Å². The van der Waals surface area contributed by atoms with Crippen LogP contribution in [0.3, 0.4) is 0 Å². The van der Waals surface area contributed by atoms with Crippen LogP contribution in [-0.2, 0) is 6.42 Å². The minimum atomic E-state index is -4.74. The van der Waals surface area contributed by atoms with Crippen LogP contribution in [0.5, 0.6) is 11.5 Å². The van der Waals surface area contributed by atoms with Crippen LogP contribution in [0.1, 0.15) is 28.7 Å². The highest BCUT2D eigenvalue weighted by Crippen LogP contribution is 2.38. The number of carbonyl (C=O) groups is 1. The van der Waals surface area contributed by atoms with E-state index in [4.69, 9.17) is 11.6 Å². The molecule has 0 spiro atoms. The predicted molar refractivity (Wildman–Crippen MR) is 430 cm³/mol. The van der Waals surface area contributed by atoms with Gasteiger partial charge in [-0.1, -0.05) is 73.1 Å². The van der Waals surface area contributed by atoms with Crippen molar-refractivity contribution in [3.05, 3.63) is 260 Å². The van der Waals surface area contributed by atoms with Crippen LogP contribution >= 0.6 is 11.6 Å². The van der Waals surface area contributed by atoms with E-state index in [1.165, 1.54) is 73.3 Å². The van der Waals surface area contributed by atoms with Gasteiger partial charge in [-0.05, 0) is 177 Å². The van der Waals surface area contributed by atoms with E-state index in [0.29, 0.717) is 56.4 Å². The number of carbonyl (C=O) groups excluding carboxylic acids is 1. The lowest BCUT2D eigenvalue weighted by atomic mass is 10.0. The summed E-state index contributed by atoms with van der Waals surface area (Å²) in [7, 11) is 1.61. The number of ether oxygens (including phenoxy) is 2. The molecule has 586 valence electrons. The summed E-state index contributed by atoms with van der Waals surface area (Å²) in [6.45, 7) is 4.04. The average Bonchev–Trinajstić information content (AvgIpc) is 1.66. The van der Waals surface area contributed by atoms with Gasteiger partial charge in [-0.3, -0.25) is 55.8 Å². The number of hydrogen-bond acceptors (Lipinski definition) is 18. The van der Waals surface area contributed by atoms with Crippen molar-refractivity contribution in [1.29, 1.82) is 0 Å². The van der Waals surface area contributed by atoms with E-state index in [9.17, 15) is 31.1 Å². The van der Waals surface area contributed by atoms with Crippen LogP contribution in [0.15, 0.2) is 238 Å². The zero-order valence-electron chi connectivity index (χ0n) is 61.8. The van der Waals surface area contributed by atoms with Crippen LogP contribution in [0.2, 0.25) is 5.02 Å². The minimum Gasteiger partial charge on any atom is -0.406 e. The number of H-pyrrole nitrogens is 10. The summed E-state index contributed by atoms with van der Waals surface area (Å²) in [4.78, 5) is 32.8. The van der Waals surface area contributed by atoms with Gasteiger partial charge in [0.05, 0.1) is 50.4 Å². The molecule has 0 fully saturated rings. The summed E-state index contributed by atoms with van der Waals surface area (Å²) >= 11 is 5.95. The summed E-state index contributed by atoms with van der Waals surface area (Å²) in [5, 5.41) is 78.5. The van der Waals surface area contributed by atoms with E-state index < -0.39 is 12.7 Å². The Bertz CT molecular complexity index is 6840. The highest BCUT2D eigenvalue weighted by molar-refractivity contribution is 6.30. The van der Waals surface area contributed by atoms with Gasteiger partial charge in [0.2, 0.25) is 0 Å². The third kappa shape index (κ3) is 17.2. The SMILES string of the molecule is CCc1cccc(-c2n[nH]c3ccc(-c4ncn[nH]4)cc23)c1.CNC(=O)c1cccc(-c2n[nH]c3ccc(-c4ncn[nH]4)cc23)c1.Cc1nc(-c2ccc3[nH]nc(-c4ccc(Cl)cc4)c3c2)n[nH]1.FC(F)(F)Oc1ccc(-c2n[nH]c3ccc(-c4ncn[nH]4)cc23)cc1.FC(F)(F)Oc1cccc(-c2n[nH]c3ccc(-c4ncn[nH]4)cc23)c1. The van der Waals surface area contributed by atoms with Crippen LogP contribution < -0.4 is 14.8 Å². The molecule has 0 saturated carbocycles. The first-order valence-corrected chi connectivity index (χ1v) is 36.3. The van der Waals surface area contributed by atoms with Gasteiger partial charge in [-0.25, -0.2) is 24.9 Å². The zero-order valence-corrected chi connectivity index (χ0v) is 62.6. The molecular formula is C82H61ClF6N26O3. The number of aromatic nitrogens is 25. The van der Waals surface area contributed by atoms with Gasteiger partial charge in [0.25, 0.3) is 5.91 Å². The quantitative estimate of drug-likeness (QED) is 0.0450. The Balaban J connectivity index is 0.000000110. The fourth-order valence-electron chi connectivity index (χ4n) is 12.9. The fraction of sp³-hybridized carbons (Fsp3) is 0.0732. The van der Waals surface area contributed by atoms with Gasteiger partial charge in [0.15, 0.2) is 29.1 Å². The van der Waals surface area contributed by atoms with E-state index in [1.54, 1.807) is 19.2 Å². The van der Waals surface area contributed by atoms with Gasteiger partial charge in [0.1, 0.15) is 48.3 Å². The molecule has 0 aliphatic carbocycles. The van der Waals surface area contributed by atoms with Crippen molar-refractivity contribution in [2.75, 3.05) is 7.05 Å². The Morgan fingerprint density at radius 1 is 0.373 bits per heavy atom. The van der Waals surface area contributed by atoms with Gasteiger partial charge < -0.3 is 14.8 Å². The number of fused-ring (bicyclic) bond motifs is 5. The van der Waals surface area contributed by atoms with Crippen molar-refractivity contribution in [2.45, 2.75) is 33.0 Å². The largest absolute Gasteiger partial charge is 0.573 e. The molecular weight excluding hydrogens is 1550 g/mol. The van der Waals surface area contributed by atoms with Crippen molar-refractivity contribution in [2.24, 2.45) is 0 Å². The lowest BCUT2D eigenvalue weighted by Crippen LogP contribution is -2.17. The minimum absolute atomic E-state index is 0.126. The third-order valence-electron chi connectivity index (χ3n) is 18.5. The number of benzene rings is 10. The molecule has 36 heteroatoms. The molecule has 0 bridgehead atoms. The van der Waals surface area contributed by atoms with Gasteiger partial charge in [0, 0.05) is 100 Å². The van der Waals surface area contributed by atoms with E-state index in [2.05, 4.69) is 179 Å². The molecule has 1 amide bonds. The summed E-state index contributed by atoms with van der Waals surface area (Å²) in [5.41, 5.74) is 18.8. The first-order chi connectivity index (χ1) is 57.3. The summed E-state index contributed by atoms with van der Waals surface area (Å²) in [5.74, 6) is 3.43. The number of rotatable bonds is 14. The number of alkyl halides is 6. The maximum absolute atomic E-state index is 12.4. The molecule has 0 aliphatic heterocycles. The highest BCUT2D eigenvalue weighted by Gasteiger charge is 2.32. The van der Waals surface area contributed by atoms with Crippen molar-refractivity contribution in [3.8, 4) is 125 Å². The number of hydrogen-bond donors (Lipinski definition) is 11. The molecule has 0 unspecified atom stereocenters. The molecule has 0 atom stereocenters. The van der Waals surface area contributed by atoms with Crippen LogP contribution in [0.4, 0.5) is 26.3 Å². The summed E-state index contributed by atoms with van der Waals surface area (Å²) in [6.07, 6.45) is -2.65. The van der Waals surface area contributed by atoms with Crippen LogP contribution in [0, 0.1) is 6.92 Å². The maximum Gasteiger partial charge on any atom is 0.573 e. The molecule has 0 radical (unpaired) electrons. The molecule has 0 aliphatic rings. The van der Waals surface area contributed by atoms with Gasteiger partial charge in [-0.15, -0.1) is 26.3 Å². The number of nitrogens with one attached hydrogen (secondary N) is 11. The molecule has 10 aromatic heterocycles. The Kier molecular flexibility index (Phi) is 21.4. The number of aromatic amines is 10. The van der Waals surface area contributed by atoms with Gasteiger partial charge in [-0.2, -0.15) is 51.0 Å². The lowest BCUT2D eigenvalue weighted by Gasteiger charge is -2.09. The lowest BCUT2D eigenvalue weighted by molar-refractivity contribution is -0.275. The molecule has 20 rings (SSSR count). The van der Waals surface area contributed by atoms with Crippen molar-refractivity contribution in [1.82, 2.24) is 132 Å². The Hall–Kier alpha value is -15.8. The molecule has 20 aromatic rings. The third-order valence-corrected chi connectivity index (χ3v) is 18.7. The molecule has 118 heavy (non-hydrogen) atoms. The van der Waals surface area contributed by atoms with Crippen LogP contribution in [-0.4, -0.2) is 153 Å². The van der Waals surface area contributed by atoms with Crippen molar-refractivity contribution in [3.63, 3.8) is 0 Å². The molecule has 11 N–H and O–H groups in total. The Morgan fingerprint density at radius 2 is 0.729 bits per heavy atom. The number of halogens is 7. The number of nitrogens with zero attached hydrogens (tertiary/aromatic N) is 15. The van der Waals surface area contributed by atoms with Gasteiger partial charge >= 0.3 is 12.7 Å². The maximum atomic E-state index is 12.4. The first kappa shape index (κ1) is 76.2. The van der Waals surface area contributed by atoms with E-state index >= 15 is 0 Å². The Morgan fingerprint density at radius 3 is 1.11 bits per heavy atom. The zero-order chi connectivity index (χ0) is 81.4. The second-order valence-corrected chi connectivity index (χ2v) is 26.5. The molecule has 29 nitrogen and oxygen atoms in total. The van der Waals surface area contributed by atoms with E-state index in [1.807, 2.05) is 134 Å².